The van der Waals surface area contributed by atoms with Gasteiger partial charge >= 0.3 is 0 Å². The Morgan fingerprint density at radius 2 is 2.05 bits per heavy atom. The smallest absolute Gasteiger partial charge is 0.251 e. The van der Waals surface area contributed by atoms with Crippen molar-refractivity contribution >= 4 is 5.91 Å². The van der Waals surface area contributed by atoms with Crippen LogP contribution in [0.1, 0.15) is 42.1 Å². The van der Waals surface area contributed by atoms with Crippen LogP contribution in [0.2, 0.25) is 0 Å². The molecule has 0 aliphatic carbocycles. The van der Waals surface area contributed by atoms with Gasteiger partial charge in [-0.2, -0.15) is 0 Å². The summed E-state index contributed by atoms with van der Waals surface area (Å²) in [5.74, 6) is 0.00770. The minimum absolute atomic E-state index is 0.113. The van der Waals surface area contributed by atoms with Gasteiger partial charge in [-0.1, -0.05) is 13.3 Å². The van der Waals surface area contributed by atoms with Crippen LogP contribution in [0.5, 0.6) is 0 Å². The van der Waals surface area contributed by atoms with Crippen molar-refractivity contribution in [2.45, 2.75) is 33.1 Å². The van der Waals surface area contributed by atoms with Crippen molar-refractivity contribution < 1.29 is 9.18 Å². The molecule has 1 aliphatic heterocycles. The third kappa shape index (κ3) is 4.81. The summed E-state index contributed by atoms with van der Waals surface area (Å²) in [6.07, 6.45) is 3.91. The van der Waals surface area contributed by atoms with Gasteiger partial charge in [-0.3, -0.25) is 4.79 Å². The highest BCUT2D eigenvalue weighted by molar-refractivity contribution is 5.95. The minimum Gasteiger partial charge on any atom is -0.352 e. The topological polar surface area (TPSA) is 32.3 Å². The highest BCUT2D eigenvalue weighted by atomic mass is 19.1. The molecule has 116 valence electrons. The fourth-order valence-electron chi connectivity index (χ4n) is 2.89. The van der Waals surface area contributed by atoms with E-state index in [1.807, 2.05) is 0 Å². The van der Waals surface area contributed by atoms with E-state index in [9.17, 15) is 9.18 Å². The molecule has 3 nitrogen and oxygen atoms in total. The molecule has 1 atom stereocenters. The fourth-order valence-corrected chi connectivity index (χ4v) is 2.89. The number of hydrogen-bond donors (Lipinski definition) is 1. The van der Waals surface area contributed by atoms with E-state index in [0.29, 0.717) is 23.6 Å². The number of amides is 1. The first-order valence-electron chi connectivity index (χ1n) is 7.83. The van der Waals surface area contributed by atoms with Gasteiger partial charge in [0.2, 0.25) is 0 Å². The van der Waals surface area contributed by atoms with Crippen LogP contribution >= 0.6 is 0 Å². The summed E-state index contributed by atoms with van der Waals surface area (Å²) in [6, 6.07) is 4.28. The molecule has 1 aromatic rings. The first kappa shape index (κ1) is 16.0. The number of halogens is 1. The zero-order valence-corrected chi connectivity index (χ0v) is 13.0. The molecule has 4 heteroatoms. The summed E-state index contributed by atoms with van der Waals surface area (Å²) in [6.45, 7) is 7.96. The molecule has 1 fully saturated rings. The molecule has 0 bridgehead atoms. The summed E-state index contributed by atoms with van der Waals surface area (Å²) >= 11 is 0. The monoisotopic (exact) mass is 292 g/mol. The lowest BCUT2D eigenvalue weighted by atomic mass is 10.1. The molecule has 2 rings (SSSR count). The number of nitrogens with one attached hydrogen (secondary N) is 1. The second-order valence-electron chi connectivity index (χ2n) is 6.14. The van der Waals surface area contributed by atoms with Gasteiger partial charge in [-0.25, -0.2) is 4.39 Å². The third-order valence-electron chi connectivity index (χ3n) is 4.06. The van der Waals surface area contributed by atoms with E-state index in [-0.39, 0.29) is 11.7 Å². The van der Waals surface area contributed by atoms with Crippen molar-refractivity contribution in [3.8, 4) is 0 Å². The largest absolute Gasteiger partial charge is 0.352 e. The highest BCUT2D eigenvalue weighted by Gasteiger charge is 2.15. The van der Waals surface area contributed by atoms with Gasteiger partial charge in [0.1, 0.15) is 5.82 Å². The average molecular weight is 292 g/mol. The second kappa shape index (κ2) is 7.55. The Morgan fingerprint density at radius 1 is 1.33 bits per heavy atom. The number of benzene rings is 1. The summed E-state index contributed by atoms with van der Waals surface area (Å²) in [4.78, 5) is 14.6. The molecule has 1 unspecified atom stereocenters. The van der Waals surface area contributed by atoms with Crippen molar-refractivity contribution in [1.82, 2.24) is 10.2 Å². The molecule has 1 heterocycles. The molecule has 0 aromatic heterocycles. The predicted molar refractivity (Wildman–Crippen MR) is 82.9 cm³/mol. The molecular formula is C17H25FN2O. The van der Waals surface area contributed by atoms with E-state index in [4.69, 9.17) is 0 Å². The first-order valence-corrected chi connectivity index (χ1v) is 7.83. The van der Waals surface area contributed by atoms with Crippen LogP contribution in [0, 0.1) is 18.7 Å². The SMILES string of the molecule is Cc1cc(F)ccc1C(=O)NCC(C)CN1CCCCC1. The molecule has 0 saturated carbocycles. The van der Waals surface area contributed by atoms with Gasteiger partial charge in [0, 0.05) is 18.7 Å². The summed E-state index contributed by atoms with van der Waals surface area (Å²) in [7, 11) is 0. The molecular weight excluding hydrogens is 267 g/mol. The zero-order chi connectivity index (χ0) is 15.2. The molecule has 1 N–H and O–H groups in total. The van der Waals surface area contributed by atoms with Gasteiger partial charge in [0.15, 0.2) is 0 Å². The van der Waals surface area contributed by atoms with E-state index >= 15 is 0 Å². The van der Waals surface area contributed by atoms with Crippen molar-refractivity contribution in [3.63, 3.8) is 0 Å². The average Bonchev–Trinajstić information content (AvgIpc) is 2.46. The Kier molecular flexibility index (Phi) is 5.74. The molecule has 1 aromatic carbocycles. The normalized spacial score (nSPS) is 17.5. The van der Waals surface area contributed by atoms with Crippen LogP contribution in [0.3, 0.4) is 0 Å². The van der Waals surface area contributed by atoms with Crippen molar-refractivity contribution in [2.24, 2.45) is 5.92 Å². The maximum absolute atomic E-state index is 13.0. The number of rotatable bonds is 5. The number of likely N-dealkylation sites (tertiary alicyclic amines) is 1. The van der Waals surface area contributed by atoms with E-state index in [2.05, 4.69) is 17.1 Å². The third-order valence-corrected chi connectivity index (χ3v) is 4.06. The van der Waals surface area contributed by atoms with Crippen molar-refractivity contribution in [1.29, 1.82) is 0 Å². The summed E-state index contributed by atoms with van der Waals surface area (Å²) in [5.41, 5.74) is 1.23. The molecule has 0 radical (unpaired) electrons. The molecule has 1 amide bonds. The number of piperidine rings is 1. The zero-order valence-electron chi connectivity index (χ0n) is 13.0. The van der Waals surface area contributed by atoms with Gasteiger partial charge in [-0.05, 0) is 62.5 Å². The Labute approximate surface area is 126 Å². The van der Waals surface area contributed by atoms with E-state index < -0.39 is 0 Å². The second-order valence-corrected chi connectivity index (χ2v) is 6.14. The lowest BCUT2D eigenvalue weighted by Gasteiger charge is -2.29. The van der Waals surface area contributed by atoms with Crippen LogP contribution in [0.15, 0.2) is 18.2 Å². The maximum atomic E-state index is 13.0. The number of hydrogen-bond acceptors (Lipinski definition) is 2. The quantitative estimate of drug-likeness (QED) is 0.905. The van der Waals surface area contributed by atoms with E-state index in [1.54, 1.807) is 13.0 Å². The van der Waals surface area contributed by atoms with Crippen LogP contribution in [-0.4, -0.2) is 37.0 Å². The first-order chi connectivity index (χ1) is 10.1. The lowest BCUT2D eigenvalue weighted by Crippen LogP contribution is -2.38. The predicted octanol–water partition coefficient (Wildman–Crippen LogP) is 2.99. The van der Waals surface area contributed by atoms with E-state index in [1.165, 1.54) is 44.5 Å². The number of carbonyl (C=O) groups is 1. The summed E-state index contributed by atoms with van der Waals surface area (Å²) in [5, 5.41) is 2.96. The Bertz CT molecular complexity index is 484. The number of carbonyl (C=O) groups excluding carboxylic acids is 1. The fraction of sp³-hybridized carbons (Fsp3) is 0.588. The van der Waals surface area contributed by atoms with Crippen LogP contribution in [-0.2, 0) is 0 Å². The molecule has 1 saturated heterocycles. The van der Waals surface area contributed by atoms with Gasteiger partial charge < -0.3 is 10.2 Å². The standard InChI is InChI=1S/C17H25FN2O/c1-13(12-20-8-4-3-5-9-20)11-19-17(21)16-7-6-15(18)10-14(16)2/h6-7,10,13H,3-5,8-9,11-12H2,1-2H3,(H,19,21). The van der Waals surface area contributed by atoms with Gasteiger partial charge in [0.05, 0.1) is 0 Å². The molecule has 1 aliphatic rings. The van der Waals surface area contributed by atoms with E-state index in [0.717, 1.165) is 6.54 Å². The maximum Gasteiger partial charge on any atom is 0.251 e. The Balaban J connectivity index is 1.80. The molecule has 0 spiro atoms. The minimum atomic E-state index is -0.303. The van der Waals surface area contributed by atoms with Crippen LogP contribution in [0.4, 0.5) is 4.39 Å². The molecule has 21 heavy (non-hydrogen) atoms. The van der Waals surface area contributed by atoms with Gasteiger partial charge in [-0.15, -0.1) is 0 Å². The number of nitrogens with zero attached hydrogens (tertiary/aromatic N) is 1. The summed E-state index contributed by atoms with van der Waals surface area (Å²) < 4.78 is 13.0. The highest BCUT2D eigenvalue weighted by Crippen LogP contribution is 2.12. The Morgan fingerprint density at radius 3 is 2.71 bits per heavy atom. The Hall–Kier alpha value is -1.42. The van der Waals surface area contributed by atoms with Crippen molar-refractivity contribution in [2.75, 3.05) is 26.2 Å². The van der Waals surface area contributed by atoms with Crippen molar-refractivity contribution in [3.05, 3.63) is 35.1 Å². The van der Waals surface area contributed by atoms with Gasteiger partial charge in [0.25, 0.3) is 5.91 Å². The lowest BCUT2D eigenvalue weighted by molar-refractivity contribution is 0.0942. The van der Waals surface area contributed by atoms with Crippen LogP contribution < -0.4 is 5.32 Å². The number of aryl methyl sites for hydroxylation is 1. The van der Waals surface area contributed by atoms with Crippen LogP contribution in [0.25, 0.3) is 0 Å².